The lowest BCUT2D eigenvalue weighted by Crippen LogP contribution is -2.50. The molecular weight excluding hydrogens is 448 g/mol. The first-order valence-electron chi connectivity index (χ1n) is 10.8. The van der Waals surface area contributed by atoms with E-state index in [4.69, 9.17) is 4.74 Å². The first-order valence-corrected chi connectivity index (χ1v) is 12.2. The van der Waals surface area contributed by atoms with Crippen LogP contribution >= 0.6 is 0 Å². The van der Waals surface area contributed by atoms with Gasteiger partial charge in [-0.25, -0.2) is 8.42 Å². The van der Waals surface area contributed by atoms with Crippen molar-refractivity contribution in [3.05, 3.63) is 58.1 Å². The third-order valence-electron chi connectivity index (χ3n) is 6.09. The Morgan fingerprint density at radius 2 is 1.61 bits per heavy atom. The molecule has 0 spiro atoms. The number of sulfonamides is 1. The summed E-state index contributed by atoms with van der Waals surface area (Å²) in [6, 6.07) is 10.7. The van der Waals surface area contributed by atoms with Gasteiger partial charge in [0, 0.05) is 50.9 Å². The van der Waals surface area contributed by atoms with E-state index in [9.17, 15) is 23.3 Å². The molecule has 11 heteroatoms. The van der Waals surface area contributed by atoms with E-state index in [0.717, 1.165) is 25.9 Å². The molecule has 2 aliphatic rings. The molecule has 0 saturated carbocycles. The number of amides is 1. The number of carbonyl (C=O) groups is 1. The van der Waals surface area contributed by atoms with Crippen LogP contribution in [-0.4, -0.2) is 74.8 Å². The van der Waals surface area contributed by atoms with Gasteiger partial charge in [0.25, 0.3) is 11.6 Å². The van der Waals surface area contributed by atoms with Gasteiger partial charge in [0.1, 0.15) is 11.4 Å². The van der Waals surface area contributed by atoms with E-state index in [1.165, 1.54) is 34.5 Å². The van der Waals surface area contributed by atoms with E-state index in [2.05, 4.69) is 0 Å². The number of benzene rings is 2. The van der Waals surface area contributed by atoms with Gasteiger partial charge < -0.3 is 14.5 Å². The molecular formula is C22H26N4O6S. The molecule has 2 saturated heterocycles. The molecule has 2 aliphatic heterocycles. The second kappa shape index (κ2) is 9.36. The predicted octanol–water partition coefficient (Wildman–Crippen LogP) is 2.35. The lowest BCUT2D eigenvalue weighted by molar-refractivity contribution is -0.384. The number of nitro groups is 1. The quantitative estimate of drug-likeness (QED) is 0.466. The van der Waals surface area contributed by atoms with Crippen molar-refractivity contribution >= 4 is 27.3 Å². The molecule has 0 N–H and O–H groups in total. The molecule has 1 amide bonds. The minimum Gasteiger partial charge on any atom is -0.497 e. The van der Waals surface area contributed by atoms with E-state index in [0.29, 0.717) is 11.4 Å². The highest BCUT2D eigenvalue weighted by Gasteiger charge is 2.31. The van der Waals surface area contributed by atoms with Gasteiger partial charge in [-0.15, -0.1) is 0 Å². The fourth-order valence-corrected chi connectivity index (χ4v) is 5.66. The van der Waals surface area contributed by atoms with E-state index < -0.39 is 14.9 Å². The molecule has 2 aromatic carbocycles. The second-order valence-electron chi connectivity index (χ2n) is 8.03. The van der Waals surface area contributed by atoms with E-state index in [1.54, 1.807) is 24.3 Å². The highest BCUT2D eigenvalue weighted by atomic mass is 32.2. The predicted molar refractivity (Wildman–Crippen MR) is 122 cm³/mol. The van der Waals surface area contributed by atoms with Crippen LogP contribution in [0.25, 0.3) is 0 Å². The summed E-state index contributed by atoms with van der Waals surface area (Å²) in [5, 5.41) is 11.6. The van der Waals surface area contributed by atoms with Gasteiger partial charge in [0.05, 0.1) is 16.9 Å². The van der Waals surface area contributed by atoms with Crippen molar-refractivity contribution in [1.82, 2.24) is 9.21 Å². The maximum Gasteiger partial charge on any atom is 0.293 e. The Balaban J connectivity index is 1.45. The van der Waals surface area contributed by atoms with Crippen LogP contribution in [0.2, 0.25) is 0 Å². The summed E-state index contributed by atoms with van der Waals surface area (Å²) < 4.78 is 32.3. The van der Waals surface area contributed by atoms with Gasteiger partial charge in [-0.3, -0.25) is 14.9 Å². The van der Waals surface area contributed by atoms with Crippen molar-refractivity contribution in [2.45, 2.75) is 17.7 Å². The number of carbonyl (C=O) groups excluding carboxylic acids is 1. The van der Waals surface area contributed by atoms with E-state index >= 15 is 0 Å². The molecule has 2 heterocycles. The molecule has 2 aromatic rings. The van der Waals surface area contributed by atoms with Crippen LogP contribution in [-0.2, 0) is 10.0 Å². The topological polar surface area (TPSA) is 113 Å². The zero-order valence-electron chi connectivity index (χ0n) is 18.3. The highest BCUT2D eigenvalue weighted by Crippen LogP contribution is 2.32. The molecule has 33 heavy (non-hydrogen) atoms. The number of piperazine rings is 1. The average Bonchev–Trinajstić information content (AvgIpc) is 3.38. The normalized spacial score (nSPS) is 17.2. The number of rotatable bonds is 6. The van der Waals surface area contributed by atoms with Gasteiger partial charge in [0.2, 0.25) is 10.0 Å². The van der Waals surface area contributed by atoms with Gasteiger partial charge >= 0.3 is 0 Å². The Labute approximate surface area is 192 Å². The number of anilines is 1. The van der Waals surface area contributed by atoms with Gasteiger partial charge in [-0.1, -0.05) is 0 Å². The number of methoxy groups -OCH3 is 1. The fraction of sp³-hybridized carbons (Fsp3) is 0.409. The van der Waals surface area contributed by atoms with Crippen LogP contribution in [0.15, 0.2) is 47.4 Å². The van der Waals surface area contributed by atoms with Crippen LogP contribution in [0.4, 0.5) is 11.4 Å². The molecule has 0 aromatic heterocycles. The molecule has 10 nitrogen and oxygen atoms in total. The maximum absolute atomic E-state index is 13.0. The maximum atomic E-state index is 13.0. The summed E-state index contributed by atoms with van der Waals surface area (Å²) in [7, 11) is -2.18. The van der Waals surface area contributed by atoms with Crippen molar-refractivity contribution in [2.75, 3.05) is 51.3 Å². The Morgan fingerprint density at radius 3 is 2.18 bits per heavy atom. The molecule has 0 unspecified atom stereocenters. The van der Waals surface area contributed by atoms with Gasteiger partial charge in [-0.05, 0) is 49.2 Å². The van der Waals surface area contributed by atoms with E-state index in [-0.39, 0.29) is 48.2 Å². The highest BCUT2D eigenvalue weighted by molar-refractivity contribution is 7.89. The third-order valence-corrected chi connectivity index (χ3v) is 8.00. The molecule has 2 fully saturated rings. The largest absolute Gasteiger partial charge is 0.497 e. The van der Waals surface area contributed by atoms with E-state index in [1.807, 2.05) is 4.90 Å². The van der Waals surface area contributed by atoms with Crippen LogP contribution in [0.1, 0.15) is 23.2 Å². The number of nitro benzene ring substituents is 1. The van der Waals surface area contributed by atoms with Crippen molar-refractivity contribution in [3.8, 4) is 5.75 Å². The summed E-state index contributed by atoms with van der Waals surface area (Å²) in [5.41, 5.74) is 0.684. The van der Waals surface area contributed by atoms with Crippen molar-refractivity contribution < 1.29 is 22.9 Å². The molecule has 0 atom stereocenters. The smallest absolute Gasteiger partial charge is 0.293 e. The number of nitrogens with zero attached hydrogens (tertiary/aromatic N) is 4. The first kappa shape index (κ1) is 23.0. The summed E-state index contributed by atoms with van der Waals surface area (Å²) in [6.45, 7) is 2.23. The monoisotopic (exact) mass is 474 g/mol. The number of hydrogen-bond donors (Lipinski definition) is 0. The molecule has 0 aliphatic carbocycles. The number of hydrogen-bond acceptors (Lipinski definition) is 7. The zero-order chi connectivity index (χ0) is 23.6. The van der Waals surface area contributed by atoms with Crippen LogP contribution < -0.4 is 9.64 Å². The van der Waals surface area contributed by atoms with Crippen LogP contribution in [0, 0.1) is 10.1 Å². The molecule has 4 rings (SSSR count). The Hall–Kier alpha value is -3.18. The Morgan fingerprint density at radius 1 is 0.970 bits per heavy atom. The summed E-state index contributed by atoms with van der Waals surface area (Å²) in [4.78, 5) is 27.9. The molecule has 176 valence electrons. The lowest BCUT2D eigenvalue weighted by Gasteiger charge is -2.34. The number of ether oxygens (including phenoxy) is 1. The standard InChI is InChI=1S/C22H26N4O6S/c1-32-18-5-7-19(8-6-18)33(30,31)25-14-12-24(13-15-25)22(27)17-4-9-20(21(16-17)26(28)29)23-10-2-3-11-23/h4-9,16H,2-3,10-15H2,1H3. The Bertz CT molecular complexity index is 1140. The molecule has 0 bridgehead atoms. The van der Waals surface area contributed by atoms with Gasteiger partial charge in [0.15, 0.2) is 0 Å². The first-order chi connectivity index (χ1) is 15.8. The fourth-order valence-electron chi connectivity index (χ4n) is 4.24. The summed E-state index contributed by atoms with van der Waals surface area (Å²) in [5.74, 6) is 0.224. The van der Waals surface area contributed by atoms with Crippen molar-refractivity contribution in [1.29, 1.82) is 0 Å². The Kier molecular flexibility index (Phi) is 6.52. The van der Waals surface area contributed by atoms with Crippen molar-refractivity contribution in [2.24, 2.45) is 0 Å². The zero-order valence-corrected chi connectivity index (χ0v) is 19.2. The summed E-state index contributed by atoms with van der Waals surface area (Å²) >= 11 is 0. The second-order valence-corrected chi connectivity index (χ2v) is 9.96. The van der Waals surface area contributed by atoms with Crippen LogP contribution in [0.3, 0.4) is 0 Å². The average molecular weight is 475 g/mol. The third kappa shape index (κ3) is 4.64. The summed E-state index contributed by atoms with van der Waals surface area (Å²) in [6.07, 6.45) is 1.98. The molecule has 0 radical (unpaired) electrons. The SMILES string of the molecule is COc1ccc(S(=O)(=O)N2CCN(C(=O)c3ccc(N4CCCC4)c([N+](=O)[O-])c3)CC2)cc1. The lowest BCUT2D eigenvalue weighted by atomic mass is 10.1. The van der Waals surface area contributed by atoms with Crippen molar-refractivity contribution in [3.63, 3.8) is 0 Å². The minimum absolute atomic E-state index is 0.0801. The van der Waals surface area contributed by atoms with Crippen LogP contribution in [0.5, 0.6) is 5.75 Å². The van der Waals surface area contributed by atoms with Gasteiger partial charge in [-0.2, -0.15) is 4.31 Å². The minimum atomic E-state index is -3.69.